The molecule has 94 valence electrons. The molecule has 1 nitrogen and oxygen atoms in total. The molecule has 0 radical (unpaired) electrons. The third-order valence-corrected chi connectivity index (χ3v) is 3.97. The van der Waals surface area contributed by atoms with E-state index in [1.165, 1.54) is 24.8 Å². The van der Waals surface area contributed by atoms with Gasteiger partial charge in [-0.15, -0.1) is 0 Å². The topological polar surface area (TPSA) is 12.0 Å². The largest absolute Gasteiger partial charge is 0.314 e. The van der Waals surface area contributed by atoms with Gasteiger partial charge in [0.05, 0.1) is 0 Å². The molecule has 1 aromatic rings. The summed E-state index contributed by atoms with van der Waals surface area (Å²) < 4.78 is 0. The highest BCUT2D eigenvalue weighted by atomic mass is 35.5. The minimum atomic E-state index is 0.645. The maximum absolute atomic E-state index is 6.19. The van der Waals surface area contributed by atoms with Gasteiger partial charge >= 0.3 is 0 Å². The van der Waals surface area contributed by atoms with E-state index in [1.54, 1.807) is 0 Å². The molecule has 0 amide bonds. The van der Waals surface area contributed by atoms with Crippen LogP contribution in [-0.2, 0) is 6.42 Å². The Bertz CT molecular complexity index is 374. The Hall–Kier alpha value is -0.240. The molecule has 1 fully saturated rings. The van der Waals surface area contributed by atoms with Crippen LogP contribution >= 0.6 is 23.2 Å². The van der Waals surface area contributed by atoms with Crippen molar-refractivity contribution >= 4 is 23.2 Å². The molecule has 0 saturated heterocycles. The Kier molecular flexibility index (Phi) is 4.72. The molecule has 1 unspecified atom stereocenters. The highest BCUT2D eigenvalue weighted by molar-refractivity contribution is 6.33. The van der Waals surface area contributed by atoms with Crippen molar-refractivity contribution in [1.29, 1.82) is 0 Å². The zero-order valence-electron chi connectivity index (χ0n) is 10.2. The van der Waals surface area contributed by atoms with Crippen molar-refractivity contribution in [2.45, 2.75) is 38.6 Å². The number of nitrogens with one attached hydrogen (secondary N) is 1. The Morgan fingerprint density at radius 3 is 2.76 bits per heavy atom. The smallest absolute Gasteiger partial charge is 0.0439 e. The summed E-state index contributed by atoms with van der Waals surface area (Å²) in [5, 5.41) is 5.19. The predicted octanol–water partition coefficient (Wildman–Crippen LogP) is 4.31. The van der Waals surface area contributed by atoms with Gasteiger partial charge in [-0.1, -0.05) is 36.5 Å². The Balaban J connectivity index is 1.93. The fraction of sp³-hybridized carbons (Fsp3) is 0.571. The van der Waals surface area contributed by atoms with Crippen LogP contribution < -0.4 is 5.32 Å². The predicted molar refractivity (Wildman–Crippen MR) is 75.0 cm³/mol. The van der Waals surface area contributed by atoms with Gasteiger partial charge in [0.25, 0.3) is 0 Å². The van der Waals surface area contributed by atoms with Crippen molar-refractivity contribution in [3.8, 4) is 0 Å². The van der Waals surface area contributed by atoms with Crippen molar-refractivity contribution in [2.24, 2.45) is 5.92 Å². The summed E-state index contributed by atoms with van der Waals surface area (Å²) in [5.74, 6) is 0.645. The summed E-state index contributed by atoms with van der Waals surface area (Å²) in [6.45, 7) is 3.32. The second kappa shape index (κ2) is 6.08. The molecule has 2 rings (SSSR count). The number of hydrogen-bond donors (Lipinski definition) is 1. The van der Waals surface area contributed by atoms with Crippen LogP contribution in [0.3, 0.4) is 0 Å². The van der Waals surface area contributed by atoms with Gasteiger partial charge in [-0.2, -0.15) is 0 Å². The van der Waals surface area contributed by atoms with E-state index in [0.717, 1.165) is 29.1 Å². The van der Waals surface area contributed by atoms with Crippen LogP contribution in [0.15, 0.2) is 18.2 Å². The van der Waals surface area contributed by atoms with Gasteiger partial charge in [0.15, 0.2) is 0 Å². The van der Waals surface area contributed by atoms with Crippen molar-refractivity contribution in [1.82, 2.24) is 5.32 Å². The fourth-order valence-electron chi connectivity index (χ4n) is 1.99. The summed E-state index contributed by atoms with van der Waals surface area (Å²) in [4.78, 5) is 0. The first kappa shape index (κ1) is 13.2. The van der Waals surface area contributed by atoms with Crippen LogP contribution in [-0.4, -0.2) is 12.6 Å². The molecule has 3 heteroatoms. The third kappa shape index (κ3) is 4.17. The van der Waals surface area contributed by atoms with Crippen molar-refractivity contribution in [3.05, 3.63) is 33.8 Å². The third-order valence-electron chi connectivity index (χ3n) is 3.37. The maximum Gasteiger partial charge on any atom is 0.0439 e. The van der Waals surface area contributed by atoms with E-state index in [9.17, 15) is 0 Å². The van der Waals surface area contributed by atoms with Gasteiger partial charge in [0, 0.05) is 16.1 Å². The summed E-state index contributed by atoms with van der Waals surface area (Å²) in [5.41, 5.74) is 1.17. The number of rotatable bonds is 6. The highest BCUT2D eigenvalue weighted by Crippen LogP contribution is 2.25. The van der Waals surface area contributed by atoms with Crippen LogP contribution in [0, 0.1) is 5.92 Å². The summed E-state index contributed by atoms with van der Waals surface area (Å²) in [7, 11) is 0. The van der Waals surface area contributed by atoms with E-state index in [4.69, 9.17) is 23.2 Å². The summed E-state index contributed by atoms with van der Waals surface area (Å²) in [6.07, 6.45) is 4.86. The minimum absolute atomic E-state index is 0.645. The van der Waals surface area contributed by atoms with E-state index >= 15 is 0 Å². The Morgan fingerprint density at radius 1 is 1.35 bits per heavy atom. The molecule has 0 bridgehead atoms. The van der Waals surface area contributed by atoms with Crippen LogP contribution in [0.1, 0.15) is 31.7 Å². The van der Waals surface area contributed by atoms with Crippen molar-refractivity contribution < 1.29 is 0 Å². The lowest BCUT2D eigenvalue weighted by molar-refractivity contribution is 0.459. The summed E-state index contributed by atoms with van der Waals surface area (Å²) in [6, 6.07) is 6.50. The molecule has 17 heavy (non-hydrogen) atoms. The lowest BCUT2D eigenvalue weighted by atomic mass is 9.97. The second-order valence-corrected chi connectivity index (χ2v) is 5.74. The highest BCUT2D eigenvalue weighted by Gasteiger charge is 2.21. The van der Waals surface area contributed by atoms with Crippen LogP contribution in [0.2, 0.25) is 10.0 Å². The van der Waals surface area contributed by atoms with Crippen LogP contribution in [0.25, 0.3) is 0 Å². The fourth-order valence-corrected chi connectivity index (χ4v) is 2.38. The molecule has 1 aliphatic rings. The van der Waals surface area contributed by atoms with E-state index < -0.39 is 0 Å². The number of halogens is 2. The zero-order chi connectivity index (χ0) is 12.3. The standard InChI is InChI=1S/C14H19Cl2N/c1-2-10(9-17-13-4-5-13)7-11-8-12(15)3-6-14(11)16/h3,6,8,10,13,17H,2,4-5,7,9H2,1H3. The van der Waals surface area contributed by atoms with Gasteiger partial charge in [-0.05, 0) is 55.5 Å². The first-order chi connectivity index (χ1) is 8.19. The number of benzene rings is 1. The molecule has 1 atom stereocenters. The molecule has 1 N–H and O–H groups in total. The Labute approximate surface area is 114 Å². The molecule has 0 spiro atoms. The van der Waals surface area contributed by atoms with E-state index in [0.29, 0.717) is 5.92 Å². The Morgan fingerprint density at radius 2 is 2.12 bits per heavy atom. The van der Waals surface area contributed by atoms with E-state index in [1.807, 2.05) is 18.2 Å². The molecule has 0 aliphatic heterocycles. The lowest BCUT2D eigenvalue weighted by Gasteiger charge is -2.16. The minimum Gasteiger partial charge on any atom is -0.314 e. The maximum atomic E-state index is 6.19. The molecule has 1 saturated carbocycles. The molecule has 0 aromatic heterocycles. The van der Waals surface area contributed by atoms with Gasteiger partial charge < -0.3 is 5.32 Å². The second-order valence-electron chi connectivity index (χ2n) is 4.90. The van der Waals surface area contributed by atoms with Gasteiger partial charge in [-0.25, -0.2) is 0 Å². The molecular formula is C14H19Cl2N. The van der Waals surface area contributed by atoms with E-state index in [2.05, 4.69) is 12.2 Å². The van der Waals surface area contributed by atoms with Gasteiger partial charge in [0.2, 0.25) is 0 Å². The first-order valence-electron chi connectivity index (χ1n) is 6.36. The first-order valence-corrected chi connectivity index (χ1v) is 7.12. The van der Waals surface area contributed by atoms with Crippen molar-refractivity contribution in [3.63, 3.8) is 0 Å². The molecular weight excluding hydrogens is 253 g/mol. The van der Waals surface area contributed by atoms with Crippen molar-refractivity contribution in [2.75, 3.05) is 6.54 Å². The summed E-state index contributed by atoms with van der Waals surface area (Å²) >= 11 is 12.2. The van der Waals surface area contributed by atoms with Gasteiger partial charge in [0.1, 0.15) is 0 Å². The monoisotopic (exact) mass is 271 g/mol. The van der Waals surface area contributed by atoms with Gasteiger partial charge in [-0.3, -0.25) is 0 Å². The molecule has 1 aliphatic carbocycles. The number of hydrogen-bond acceptors (Lipinski definition) is 1. The average molecular weight is 272 g/mol. The SMILES string of the molecule is CCC(CNC1CC1)Cc1cc(Cl)ccc1Cl. The van der Waals surface area contributed by atoms with Crippen LogP contribution in [0.4, 0.5) is 0 Å². The quantitative estimate of drug-likeness (QED) is 0.813. The normalized spacial score (nSPS) is 17.1. The average Bonchev–Trinajstić information content (AvgIpc) is 3.12. The van der Waals surface area contributed by atoms with Crippen LogP contribution in [0.5, 0.6) is 0 Å². The van der Waals surface area contributed by atoms with E-state index in [-0.39, 0.29) is 0 Å². The molecule has 1 aromatic carbocycles. The zero-order valence-corrected chi connectivity index (χ0v) is 11.7. The lowest BCUT2D eigenvalue weighted by Crippen LogP contribution is -2.25. The molecule has 0 heterocycles.